The lowest BCUT2D eigenvalue weighted by atomic mass is 10.1. The van der Waals surface area contributed by atoms with Crippen molar-refractivity contribution in [3.63, 3.8) is 0 Å². The first kappa shape index (κ1) is 19.3. The highest BCUT2D eigenvalue weighted by Gasteiger charge is 2.14. The Morgan fingerprint density at radius 2 is 1.89 bits per heavy atom. The minimum atomic E-state index is -0.863. The fourth-order valence-electron chi connectivity index (χ4n) is 3.26. The van der Waals surface area contributed by atoms with Crippen molar-refractivity contribution in [3.05, 3.63) is 59.7 Å². The summed E-state index contributed by atoms with van der Waals surface area (Å²) in [4.78, 5) is 14.6. The number of benzene rings is 2. The van der Waals surface area contributed by atoms with Gasteiger partial charge in [-0.05, 0) is 55.7 Å². The molecule has 0 radical (unpaired) electrons. The smallest absolute Gasteiger partial charge is 0.225 e. The molecule has 1 heterocycles. The van der Waals surface area contributed by atoms with Gasteiger partial charge in [0.2, 0.25) is 5.91 Å². The van der Waals surface area contributed by atoms with E-state index in [9.17, 15) is 13.6 Å². The van der Waals surface area contributed by atoms with Crippen LogP contribution in [0.25, 0.3) is 0 Å². The molecule has 0 aromatic heterocycles. The Balaban J connectivity index is 1.48. The van der Waals surface area contributed by atoms with Crippen molar-refractivity contribution in [3.8, 4) is 0 Å². The van der Waals surface area contributed by atoms with E-state index in [0.717, 1.165) is 30.5 Å². The van der Waals surface area contributed by atoms with Crippen LogP contribution in [-0.2, 0) is 11.3 Å². The summed E-state index contributed by atoms with van der Waals surface area (Å²) in [6, 6.07) is 11.6. The molecule has 6 heteroatoms. The second kappa shape index (κ2) is 8.95. The topological polar surface area (TPSA) is 44.4 Å². The summed E-state index contributed by atoms with van der Waals surface area (Å²) in [5, 5.41) is 6.10. The number of rotatable bonds is 7. The summed E-state index contributed by atoms with van der Waals surface area (Å²) >= 11 is 0. The molecule has 1 aliphatic heterocycles. The van der Waals surface area contributed by atoms with Gasteiger partial charge in [-0.2, -0.15) is 0 Å². The maximum atomic E-state index is 13.2. The van der Waals surface area contributed by atoms with Crippen LogP contribution < -0.4 is 15.5 Å². The van der Waals surface area contributed by atoms with Crippen LogP contribution in [0.3, 0.4) is 0 Å². The van der Waals surface area contributed by atoms with Gasteiger partial charge in [0, 0.05) is 43.5 Å². The first-order valence-electron chi connectivity index (χ1n) is 9.33. The summed E-state index contributed by atoms with van der Waals surface area (Å²) in [5.74, 6) is -1.81. The second-order valence-corrected chi connectivity index (χ2v) is 7.03. The Hall–Kier alpha value is -2.47. The molecule has 0 aliphatic carbocycles. The number of carbonyl (C=O) groups is 1. The molecule has 2 aromatic rings. The molecule has 4 nitrogen and oxygen atoms in total. The zero-order valence-corrected chi connectivity index (χ0v) is 15.5. The van der Waals surface area contributed by atoms with Crippen LogP contribution in [0, 0.1) is 11.6 Å². The third kappa shape index (κ3) is 5.50. The van der Waals surface area contributed by atoms with Crippen LogP contribution in [-0.4, -0.2) is 25.0 Å². The maximum Gasteiger partial charge on any atom is 0.225 e. The predicted octanol–water partition coefficient (Wildman–Crippen LogP) is 4.07. The Morgan fingerprint density at radius 3 is 2.63 bits per heavy atom. The average molecular weight is 373 g/mol. The van der Waals surface area contributed by atoms with Crippen molar-refractivity contribution in [2.45, 2.75) is 38.8 Å². The minimum Gasteiger partial charge on any atom is -0.371 e. The zero-order valence-electron chi connectivity index (χ0n) is 15.5. The molecule has 27 heavy (non-hydrogen) atoms. The molecule has 1 aliphatic rings. The fourth-order valence-corrected chi connectivity index (χ4v) is 3.26. The highest BCUT2D eigenvalue weighted by molar-refractivity contribution is 5.91. The molecule has 144 valence electrons. The molecule has 1 saturated heterocycles. The van der Waals surface area contributed by atoms with Crippen LogP contribution in [0.1, 0.15) is 31.7 Å². The standard InChI is InChI=1S/C21H25F2N3O/c1-15(24-14-16-7-8-19(22)20(23)12-16)11-21(27)25-17-5-4-6-18(13-17)26-9-2-3-10-26/h4-8,12-13,15,24H,2-3,9-11,14H2,1H3,(H,25,27). The Kier molecular flexibility index (Phi) is 6.40. The van der Waals surface area contributed by atoms with Gasteiger partial charge in [-0.1, -0.05) is 12.1 Å². The molecule has 1 atom stereocenters. The van der Waals surface area contributed by atoms with Crippen LogP contribution in [0.2, 0.25) is 0 Å². The first-order valence-corrected chi connectivity index (χ1v) is 9.33. The van der Waals surface area contributed by atoms with Gasteiger partial charge in [-0.25, -0.2) is 8.78 Å². The molecule has 1 fully saturated rings. The third-order valence-electron chi connectivity index (χ3n) is 4.73. The number of carbonyl (C=O) groups excluding carboxylic acids is 1. The second-order valence-electron chi connectivity index (χ2n) is 7.03. The number of nitrogens with zero attached hydrogens (tertiary/aromatic N) is 1. The van der Waals surface area contributed by atoms with Crippen LogP contribution in [0.4, 0.5) is 20.2 Å². The van der Waals surface area contributed by atoms with Gasteiger partial charge in [-0.3, -0.25) is 4.79 Å². The quantitative estimate of drug-likeness (QED) is 0.769. The Bertz CT molecular complexity index is 791. The van der Waals surface area contributed by atoms with E-state index in [1.54, 1.807) is 0 Å². The third-order valence-corrected chi connectivity index (χ3v) is 4.73. The molecular weight excluding hydrogens is 348 g/mol. The summed E-state index contributed by atoms with van der Waals surface area (Å²) < 4.78 is 26.2. The largest absolute Gasteiger partial charge is 0.371 e. The molecule has 2 aromatic carbocycles. The number of anilines is 2. The molecule has 1 amide bonds. The first-order chi connectivity index (χ1) is 13.0. The van der Waals surface area contributed by atoms with Gasteiger partial charge in [-0.15, -0.1) is 0 Å². The molecule has 0 saturated carbocycles. The lowest BCUT2D eigenvalue weighted by molar-refractivity contribution is -0.116. The highest BCUT2D eigenvalue weighted by Crippen LogP contribution is 2.23. The number of amides is 1. The van der Waals surface area contributed by atoms with Gasteiger partial charge in [0.15, 0.2) is 11.6 Å². The van der Waals surface area contributed by atoms with Crippen LogP contribution >= 0.6 is 0 Å². The van der Waals surface area contributed by atoms with Gasteiger partial charge in [0.25, 0.3) is 0 Å². The van der Waals surface area contributed by atoms with Crippen molar-refractivity contribution in [1.29, 1.82) is 0 Å². The van der Waals surface area contributed by atoms with Gasteiger partial charge < -0.3 is 15.5 Å². The molecule has 1 unspecified atom stereocenters. The lowest BCUT2D eigenvalue weighted by Crippen LogP contribution is -2.30. The van der Waals surface area contributed by atoms with Crippen LogP contribution in [0.5, 0.6) is 0 Å². The summed E-state index contributed by atoms with van der Waals surface area (Å²) in [6.45, 7) is 4.38. The monoisotopic (exact) mass is 373 g/mol. The summed E-state index contributed by atoms with van der Waals surface area (Å²) in [6.07, 6.45) is 2.70. The lowest BCUT2D eigenvalue weighted by Gasteiger charge is -2.19. The van der Waals surface area contributed by atoms with E-state index in [0.29, 0.717) is 12.1 Å². The van der Waals surface area contributed by atoms with E-state index in [-0.39, 0.29) is 18.4 Å². The predicted molar refractivity (Wildman–Crippen MR) is 104 cm³/mol. The summed E-state index contributed by atoms with van der Waals surface area (Å²) in [7, 11) is 0. The Morgan fingerprint density at radius 1 is 1.11 bits per heavy atom. The van der Waals surface area contributed by atoms with Crippen molar-refractivity contribution in [1.82, 2.24) is 5.32 Å². The Labute approximate surface area is 158 Å². The van der Waals surface area contributed by atoms with Crippen molar-refractivity contribution < 1.29 is 13.6 Å². The van der Waals surface area contributed by atoms with E-state index in [1.165, 1.54) is 25.0 Å². The van der Waals surface area contributed by atoms with E-state index >= 15 is 0 Å². The normalized spacial score (nSPS) is 15.0. The highest BCUT2D eigenvalue weighted by atomic mass is 19.2. The fraction of sp³-hybridized carbons (Fsp3) is 0.381. The number of hydrogen-bond donors (Lipinski definition) is 2. The molecule has 3 rings (SSSR count). The molecule has 0 spiro atoms. The molecule has 0 bridgehead atoms. The van der Waals surface area contributed by atoms with Gasteiger partial charge in [0.1, 0.15) is 0 Å². The van der Waals surface area contributed by atoms with E-state index in [4.69, 9.17) is 0 Å². The molecular formula is C21H25F2N3O. The van der Waals surface area contributed by atoms with Crippen molar-refractivity contribution >= 4 is 17.3 Å². The van der Waals surface area contributed by atoms with Gasteiger partial charge in [0.05, 0.1) is 0 Å². The SMILES string of the molecule is CC(CC(=O)Nc1cccc(N2CCCC2)c1)NCc1ccc(F)c(F)c1. The number of hydrogen-bond acceptors (Lipinski definition) is 3. The van der Waals surface area contributed by atoms with E-state index < -0.39 is 11.6 Å². The van der Waals surface area contributed by atoms with Crippen LogP contribution in [0.15, 0.2) is 42.5 Å². The van der Waals surface area contributed by atoms with Gasteiger partial charge >= 0.3 is 0 Å². The van der Waals surface area contributed by atoms with Crippen molar-refractivity contribution in [2.75, 3.05) is 23.3 Å². The van der Waals surface area contributed by atoms with E-state index in [2.05, 4.69) is 21.6 Å². The average Bonchev–Trinajstić information content (AvgIpc) is 3.17. The van der Waals surface area contributed by atoms with Crippen molar-refractivity contribution in [2.24, 2.45) is 0 Å². The summed E-state index contributed by atoms with van der Waals surface area (Å²) in [5.41, 5.74) is 2.56. The molecule has 2 N–H and O–H groups in total. The number of nitrogens with one attached hydrogen (secondary N) is 2. The van der Waals surface area contributed by atoms with E-state index in [1.807, 2.05) is 25.1 Å². The zero-order chi connectivity index (χ0) is 19.2. The number of halogens is 2. The minimum absolute atomic E-state index is 0.0844. The maximum absolute atomic E-state index is 13.2.